The van der Waals surface area contributed by atoms with Gasteiger partial charge in [-0.1, -0.05) is 42.0 Å². The molecule has 1 amide bonds. The molecule has 0 aliphatic carbocycles. The lowest BCUT2D eigenvalue weighted by atomic mass is 10.1. The summed E-state index contributed by atoms with van der Waals surface area (Å²) in [6.45, 7) is 2.65. The molecule has 0 fully saturated rings. The molecule has 0 aliphatic heterocycles. The molecule has 0 aliphatic rings. The van der Waals surface area contributed by atoms with Crippen molar-refractivity contribution in [2.24, 2.45) is 0 Å². The number of benzene rings is 3. The Morgan fingerprint density at radius 1 is 1.00 bits per heavy atom. The molecular formula is C24H22N2O3. The highest BCUT2D eigenvalue weighted by molar-refractivity contribution is 6.11. The van der Waals surface area contributed by atoms with E-state index in [1.165, 1.54) is 5.56 Å². The number of anilines is 2. The Morgan fingerprint density at radius 2 is 1.79 bits per heavy atom. The van der Waals surface area contributed by atoms with Gasteiger partial charge in [-0.15, -0.1) is 0 Å². The molecule has 0 saturated heterocycles. The number of aryl methyl sites for hydroxylation is 1. The number of hydrogen-bond donors (Lipinski definition) is 2. The summed E-state index contributed by atoms with van der Waals surface area (Å²) < 4.78 is 11.0. The van der Waals surface area contributed by atoms with Crippen molar-refractivity contribution in [2.75, 3.05) is 17.7 Å². The summed E-state index contributed by atoms with van der Waals surface area (Å²) in [6.07, 6.45) is 0. The van der Waals surface area contributed by atoms with Crippen LogP contribution < -0.4 is 15.4 Å². The van der Waals surface area contributed by atoms with Gasteiger partial charge in [-0.05, 0) is 48.9 Å². The van der Waals surface area contributed by atoms with Gasteiger partial charge in [-0.3, -0.25) is 4.79 Å². The fourth-order valence-corrected chi connectivity index (χ4v) is 3.26. The topological polar surface area (TPSA) is 63.5 Å². The average molecular weight is 386 g/mol. The van der Waals surface area contributed by atoms with Gasteiger partial charge in [0.05, 0.1) is 12.8 Å². The summed E-state index contributed by atoms with van der Waals surface area (Å²) >= 11 is 0. The molecule has 4 rings (SSSR count). The Balaban J connectivity index is 1.62. The zero-order valence-corrected chi connectivity index (χ0v) is 16.4. The van der Waals surface area contributed by atoms with E-state index < -0.39 is 0 Å². The Labute approximate surface area is 169 Å². The second-order valence-corrected chi connectivity index (χ2v) is 6.83. The number of ether oxygens (including phenoxy) is 1. The number of amides is 1. The van der Waals surface area contributed by atoms with E-state index in [4.69, 9.17) is 9.15 Å². The summed E-state index contributed by atoms with van der Waals surface area (Å²) in [5.74, 6) is 0.681. The van der Waals surface area contributed by atoms with Crippen LogP contribution in [0.2, 0.25) is 0 Å². The molecule has 0 unspecified atom stereocenters. The number of hydrogen-bond acceptors (Lipinski definition) is 4. The van der Waals surface area contributed by atoms with Gasteiger partial charge in [-0.2, -0.15) is 0 Å². The third-order valence-electron chi connectivity index (χ3n) is 4.70. The van der Waals surface area contributed by atoms with Crippen LogP contribution >= 0.6 is 0 Å². The largest absolute Gasteiger partial charge is 0.497 e. The molecule has 1 heterocycles. The van der Waals surface area contributed by atoms with Crippen molar-refractivity contribution in [3.05, 3.63) is 89.7 Å². The Hall–Kier alpha value is -3.73. The third kappa shape index (κ3) is 4.09. The highest BCUT2D eigenvalue weighted by Crippen LogP contribution is 2.32. The third-order valence-corrected chi connectivity index (χ3v) is 4.70. The van der Waals surface area contributed by atoms with Crippen molar-refractivity contribution in [1.29, 1.82) is 0 Å². The minimum atomic E-state index is -0.307. The molecule has 146 valence electrons. The predicted octanol–water partition coefficient (Wildman–Crippen LogP) is 5.61. The second-order valence-electron chi connectivity index (χ2n) is 6.83. The Bertz CT molecular complexity index is 1150. The van der Waals surface area contributed by atoms with Crippen LogP contribution in [-0.2, 0) is 6.54 Å². The monoisotopic (exact) mass is 386 g/mol. The van der Waals surface area contributed by atoms with Crippen molar-refractivity contribution < 1.29 is 13.9 Å². The second kappa shape index (κ2) is 8.10. The minimum absolute atomic E-state index is 0.259. The maximum Gasteiger partial charge on any atom is 0.293 e. The van der Waals surface area contributed by atoms with E-state index in [1.54, 1.807) is 31.4 Å². The first-order chi connectivity index (χ1) is 14.1. The SMILES string of the molecule is COc1ccc(NC(=O)c2oc3ccccc3c2NCc2cccc(C)c2)cc1. The van der Waals surface area contributed by atoms with Crippen LogP contribution in [0.15, 0.2) is 77.2 Å². The molecule has 2 N–H and O–H groups in total. The Morgan fingerprint density at radius 3 is 2.55 bits per heavy atom. The molecular weight excluding hydrogens is 364 g/mol. The number of carbonyl (C=O) groups excluding carboxylic acids is 1. The normalized spacial score (nSPS) is 10.7. The van der Waals surface area contributed by atoms with E-state index in [0.717, 1.165) is 16.7 Å². The molecule has 0 bridgehead atoms. The summed E-state index contributed by atoms with van der Waals surface area (Å²) in [5, 5.41) is 7.16. The molecule has 1 aromatic heterocycles. The van der Waals surface area contributed by atoms with Crippen LogP contribution in [0.1, 0.15) is 21.7 Å². The van der Waals surface area contributed by atoms with Crippen molar-refractivity contribution in [1.82, 2.24) is 0 Å². The van der Waals surface area contributed by atoms with Gasteiger partial charge in [0.25, 0.3) is 5.91 Å². The number of fused-ring (bicyclic) bond motifs is 1. The molecule has 5 heteroatoms. The number of para-hydroxylation sites is 1. The minimum Gasteiger partial charge on any atom is -0.497 e. The van der Waals surface area contributed by atoms with Crippen LogP contribution in [0.25, 0.3) is 11.0 Å². The van der Waals surface area contributed by atoms with Crippen molar-refractivity contribution in [2.45, 2.75) is 13.5 Å². The first-order valence-corrected chi connectivity index (χ1v) is 9.40. The number of rotatable bonds is 6. The van der Waals surface area contributed by atoms with Crippen molar-refractivity contribution in [3.8, 4) is 5.75 Å². The van der Waals surface area contributed by atoms with Crippen molar-refractivity contribution in [3.63, 3.8) is 0 Å². The van der Waals surface area contributed by atoms with Crippen LogP contribution in [0.4, 0.5) is 11.4 Å². The summed E-state index contributed by atoms with van der Waals surface area (Å²) in [6, 6.07) is 23.1. The quantitative estimate of drug-likeness (QED) is 0.452. The number of carbonyl (C=O) groups is 1. The lowest BCUT2D eigenvalue weighted by Gasteiger charge is -2.09. The molecule has 4 aromatic rings. The number of furan rings is 1. The highest BCUT2D eigenvalue weighted by Gasteiger charge is 2.20. The lowest BCUT2D eigenvalue weighted by molar-refractivity contribution is 0.0999. The summed E-state index contributed by atoms with van der Waals surface area (Å²) in [7, 11) is 1.61. The molecule has 29 heavy (non-hydrogen) atoms. The number of methoxy groups -OCH3 is 1. The zero-order chi connectivity index (χ0) is 20.2. The first kappa shape index (κ1) is 18.6. The number of nitrogens with one attached hydrogen (secondary N) is 2. The van der Waals surface area contributed by atoms with E-state index >= 15 is 0 Å². The standard InChI is InChI=1S/C24H22N2O3/c1-16-6-5-7-17(14-16)15-25-22-20-8-3-4-9-21(20)29-23(22)24(27)26-18-10-12-19(28-2)13-11-18/h3-14,25H,15H2,1-2H3,(H,26,27). The van der Waals surface area contributed by atoms with Gasteiger partial charge in [-0.25, -0.2) is 0 Å². The van der Waals surface area contributed by atoms with Crippen LogP contribution in [0, 0.1) is 6.92 Å². The van der Waals surface area contributed by atoms with Crippen LogP contribution in [0.3, 0.4) is 0 Å². The van der Waals surface area contributed by atoms with Crippen LogP contribution in [0.5, 0.6) is 5.75 Å². The smallest absolute Gasteiger partial charge is 0.293 e. The van der Waals surface area contributed by atoms with E-state index in [9.17, 15) is 4.79 Å². The van der Waals surface area contributed by atoms with E-state index in [2.05, 4.69) is 35.8 Å². The van der Waals surface area contributed by atoms with Crippen LogP contribution in [-0.4, -0.2) is 13.0 Å². The van der Waals surface area contributed by atoms with Gasteiger partial charge in [0.2, 0.25) is 5.76 Å². The predicted molar refractivity (Wildman–Crippen MR) is 116 cm³/mol. The average Bonchev–Trinajstić information content (AvgIpc) is 3.12. The van der Waals surface area contributed by atoms with Gasteiger partial charge in [0.15, 0.2) is 0 Å². The van der Waals surface area contributed by atoms with Gasteiger partial charge < -0.3 is 19.8 Å². The molecule has 3 aromatic carbocycles. The van der Waals surface area contributed by atoms with Crippen molar-refractivity contribution >= 4 is 28.3 Å². The molecule has 0 atom stereocenters. The zero-order valence-electron chi connectivity index (χ0n) is 16.4. The summed E-state index contributed by atoms with van der Waals surface area (Å²) in [4.78, 5) is 12.9. The highest BCUT2D eigenvalue weighted by atomic mass is 16.5. The van der Waals surface area contributed by atoms with Gasteiger partial charge in [0, 0.05) is 17.6 Å². The van der Waals surface area contributed by atoms with E-state index in [0.29, 0.717) is 23.5 Å². The molecule has 0 spiro atoms. The fraction of sp³-hybridized carbons (Fsp3) is 0.125. The molecule has 0 saturated carbocycles. The van der Waals surface area contributed by atoms with E-state index in [-0.39, 0.29) is 11.7 Å². The fourth-order valence-electron chi connectivity index (χ4n) is 3.26. The van der Waals surface area contributed by atoms with E-state index in [1.807, 2.05) is 30.3 Å². The Kier molecular flexibility index (Phi) is 5.20. The summed E-state index contributed by atoms with van der Waals surface area (Å²) in [5.41, 5.74) is 4.35. The van der Waals surface area contributed by atoms with Gasteiger partial charge in [0.1, 0.15) is 11.3 Å². The maximum atomic E-state index is 12.9. The molecule has 5 nitrogen and oxygen atoms in total. The first-order valence-electron chi connectivity index (χ1n) is 9.40. The lowest BCUT2D eigenvalue weighted by Crippen LogP contribution is -2.13. The molecule has 0 radical (unpaired) electrons. The maximum absolute atomic E-state index is 12.9. The van der Waals surface area contributed by atoms with Gasteiger partial charge >= 0.3 is 0 Å².